The summed E-state index contributed by atoms with van der Waals surface area (Å²) in [5, 5.41) is 0. The van der Waals surface area contributed by atoms with Gasteiger partial charge in [0.05, 0.1) is 12.4 Å². The first-order valence-corrected chi connectivity index (χ1v) is 6.51. The van der Waals surface area contributed by atoms with Crippen LogP contribution >= 0.6 is 0 Å². The van der Waals surface area contributed by atoms with Crippen LogP contribution in [-0.4, -0.2) is 13.2 Å². The number of ether oxygens (including phenoxy) is 1. The Kier molecular flexibility index (Phi) is 4.07. The standard InChI is InChI=1S/C16H22O2/c1-11-5-6-15-13(3)10-18-16(15)9-12(2)8-14(7-11)17-4/h5,8,10,14H,6-7,9H2,1-4H3/b11-5+,12-8-/t14-/m0/s1. The van der Waals surface area contributed by atoms with Crippen LogP contribution in [0, 0.1) is 6.92 Å². The average molecular weight is 246 g/mol. The first-order chi connectivity index (χ1) is 8.60. The van der Waals surface area contributed by atoms with Crippen molar-refractivity contribution < 1.29 is 9.15 Å². The van der Waals surface area contributed by atoms with Crippen molar-refractivity contribution in [3.05, 3.63) is 46.4 Å². The van der Waals surface area contributed by atoms with Crippen LogP contribution in [0.2, 0.25) is 0 Å². The van der Waals surface area contributed by atoms with Gasteiger partial charge in [-0.1, -0.05) is 23.3 Å². The molecular weight excluding hydrogens is 224 g/mol. The molecule has 1 aliphatic rings. The molecule has 98 valence electrons. The second kappa shape index (κ2) is 5.57. The number of aryl methyl sites for hydroxylation is 1. The van der Waals surface area contributed by atoms with Gasteiger partial charge in [0.1, 0.15) is 5.76 Å². The first kappa shape index (κ1) is 13.2. The maximum Gasteiger partial charge on any atom is 0.111 e. The maximum absolute atomic E-state index is 5.68. The highest BCUT2D eigenvalue weighted by atomic mass is 16.5. The fourth-order valence-corrected chi connectivity index (χ4v) is 2.46. The van der Waals surface area contributed by atoms with E-state index in [9.17, 15) is 0 Å². The number of fused-ring (bicyclic) bond motifs is 1. The predicted molar refractivity (Wildman–Crippen MR) is 73.8 cm³/mol. The van der Waals surface area contributed by atoms with Crippen molar-refractivity contribution in [2.75, 3.05) is 7.11 Å². The van der Waals surface area contributed by atoms with Gasteiger partial charge < -0.3 is 9.15 Å². The van der Waals surface area contributed by atoms with Crippen LogP contribution < -0.4 is 0 Å². The van der Waals surface area contributed by atoms with Crippen LogP contribution in [0.25, 0.3) is 0 Å². The minimum atomic E-state index is 0.179. The Morgan fingerprint density at radius 1 is 1.22 bits per heavy atom. The van der Waals surface area contributed by atoms with Crippen molar-refractivity contribution in [1.29, 1.82) is 0 Å². The molecule has 2 rings (SSSR count). The van der Waals surface area contributed by atoms with Gasteiger partial charge in [-0.05, 0) is 39.2 Å². The van der Waals surface area contributed by atoms with Gasteiger partial charge in [0, 0.05) is 19.1 Å². The van der Waals surface area contributed by atoms with E-state index in [0.717, 1.165) is 25.0 Å². The van der Waals surface area contributed by atoms with E-state index < -0.39 is 0 Å². The molecule has 2 nitrogen and oxygen atoms in total. The molecule has 0 unspecified atom stereocenters. The lowest BCUT2D eigenvalue weighted by molar-refractivity contribution is 0.140. The second-order valence-corrected chi connectivity index (χ2v) is 5.24. The number of methoxy groups -OCH3 is 1. The molecule has 1 aromatic rings. The van der Waals surface area contributed by atoms with E-state index in [1.54, 1.807) is 7.11 Å². The van der Waals surface area contributed by atoms with Gasteiger partial charge in [0.2, 0.25) is 0 Å². The normalized spacial score (nSPS) is 26.8. The molecule has 0 saturated carbocycles. The SMILES string of the molecule is CO[C@@H]1/C=C(/C)Cc2occ(C)c2C/C=C(\C)C1. The summed E-state index contributed by atoms with van der Waals surface area (Å²) in [5.74, 6) is 1.10. The first-order valence-electron chi connectivity index (χ1n) is 6.51. The number of rotatable bonds is 1. The Hall–Kier alpha value is -1.28. The molecular formula is C16H22O2. The lowest BCUT2D eigenvalue weighted by Crippen LogP contribution is -2.10. The Bertz CT molecular complexity index is 477. The Morgan fingerprint density at radius 2 is 2.00 bits per heavy atom. The number of allylic oxidation sites excluding steroid dienone is 2. The molecule has 0 N–H and O–H groups in total. The summed E-state index contributed by atoms with van der Waals surface area (Å²) >= 11 is 0. The molecule has 2 heteroatoms. The van der Waals surface area contributed by atoms with Gasteiger partial charge >= 0.3 is 0 Å². The maximum atomic E-state index is 5.68. The van der Waals surface area contributed by atoms with E-state index >= 15 is 0 Å². The van der Waals surface area contributed by atoms with E-state index in [2.05, 4.69) is 32.9 Å². The van der Waals surface area contributed by atoms with Crippen LogP contribution in [0.4, 0.5) is 0 Å². The lowest BCUT2D eigenvalue weighted by atomic mass is 9.97. The average Bonchev–Trinajstić information content (AvgIpc) is 2.66. The monoisotopic (exact) mass is 246 g/mol. The highest BCUT2D eigenvalue weighted by molar-refractivity contribution is 5.33. The van der Waals surface area contributed by atoms with Crippen LogP contribution in [0.3, 0.4) is 0 Å². The van der Waals surface area contributed by atoms with Crippen LogP contribution in [0.15, 0.2) is 34.0 Å². The molecule has 1 aliphatic carbocycles. The summed E-state index contributed by atoms with van der Waals surface area (Å²) in [6.45, 7) is 6.44. The number of hydrogen-bond acceptors (Lipinski definition) is 2. The minimum absolute atomic E-state index is 0.179. The fourth-order valence-electron chi connectivity index (χ4n) is 2.46. The van der Waals surface area contributed by atoms with Crippen LogP contribution in [0.5, 0.6) is 0 Å². The van der Waals surface area contributed by atoms with Crippen molar-refractivity contribution in [2.24, 2.45) is 0 Å². The minimum Gasteiger partial charge on any atom is -0.468 e. The second-order valence-electron chi connectivity index (χ2n) is 5.24. The molecule has 0 saturated heterocycles. The van der Waals surface area contributed by atoms with Gasteiger partial charge in [-0.3, -0.25) is 0 Å². The third-order valence-electron chi connectivity index (χ3n) is 3.58. The third kappa shape index (κ3) is 2.94. The largest absolute Gasteiger partial charge is 0.468 e. The lowest BCUT2D eigenvalue weighted by Gasteiger charge is -2.15. The topological polar surface area (TPSA) is 22.4 Å². The molecule has 0 fully saturated rings. The molecule has 0 aliphatic heterocycles. The summed E-state index contributed by atoms with van der Waals surface area (Å²) < 4.78 is 11.2. The molecule has 0 bridgehead atoms. The summed E-state index contributed by atoms with van der Waals surface area (Å²) in [4.78, 5) is 0. The Balaban J connectivity index is 2.37. The van der Waals surface area contributed by atoms with Crippen molar-refractivity contribution in [2.45, 2.75) is 46.1 Å². The third-order valence-corrected chi connectivity index (χ3v) is 3.58. The van der Waals surface area contributed by atoms with Crippen molar-refractivity contribution in [1.82, 2.24) is 0 Å². The summed E-state index contributed by atoms with van der Waals surface area (Å²) in [6, 6.07) is 0. The van der Waals surface area contributed by atoms with Crippen molar-refractivity contribution in [3.8, 4) is 0 Å². The van der Waals surface area contributed by atoms with E-state index in [1.807, 2.05) is 6.26 Å². The highest BCUT2D eigenvalue weighted by Gasteiger charge is 2.14. The molecule has 1 aromatic heterocycles. The van der Waals surface area contributed by atoms with E-state index in [1.165, 1.54) is 22.3 Å². The molecule has 0 amide bonds. The molecule has 1 heterocycles. The summed E-state index contributed by atoms with van der Waals surface area (Å²) in [6.07, 6.45) is 9.38. The molecule has 0 radical (unpaired) electrons. The summed E-state index contributed by atoms with van der Waals surface area (Å²) in [5.41, 5.74) is 5.29. The fraction of sp³-hybridized carbons (Fsp3) is 0.500. The zero-order valence-electron chi connectivity index (χ0n) is 11.7. The smallest absolute Gasteiger partial charge is 0.111 e. The zero-order chi connectivity index (χ0) is 13.1. The van der Waals surface area contributed by atoms with Gasteiger partial charge in [-0.15, -0.1) is 0 Å². The summed E-state index contributed by atoms with van der Waals surface area (Å²) in [7, 11) is 1.77. The Labute approximate surface area is 109 Å². The van der Waals surface area contributed by atoms with Gasteiger partial charge in [-0.25, -0.2) is 0 Å². The highest BCUT2D eigenvalue weighted by Crippen LogP contribution is 2.24. The predicted octanol–water partition coefficient (Wildman–Crippen LogP) is 3.98. The van der Waals surface area contributed by atoms with E-state index in [-0.39, 0.29) is 6.10 Å². The van der Waals surface area contributed by atoms with Crippen LogP contribution in [-0.2, 0) is 17.6 Å². The van der Waals surface area contributed by atoms with Gasteiger partial charge in [0.15, 0.2) is 0 Å². The quantitative estimate of drug-likeness (QED) is 0.699. The van der Waals surface area contributed by atoms with E-state index in [0.29, 0.717) is 0 Å². The molecule has 0 aromatic carbocycles. The molecule has 0 spiro atoms. The van der Waals surface area contributed by atoms with Crippen molar-refractivity contribution >= 4 is 0 Å². The molecule has 18 heavy (non-hydrogen) atoms. The van der Waals surface area contributed by atoms with Gasteiger partial charge in [-0.2, -0.15) is 0 Å². The number of furan rings is 1. The number of hydrogen-bond donors (Lipinski definition) is 0. The van der Waals surface area contributed by atoms with Crippen LogP contribution in [0.1, 0.15) is 37.2 Å². The van der Waals surface area contributed by atoms with Gasteiger partial charge in [0.25, 0.3) is 0 Å². The zero-order valence-corrected chi connectivity index (χ0v) is 11.7. The Morgan fingerprint density at radius 3 is 2.72 bits per heavy atom. The molecule has 1 atom stereocenters. The van der Waals surface area contributed by atoms with E-state index in [4.69, 9.17) is 9.15 Å². The van der Waals surface area contributed by atoms with Crippen molar-refractivity contribution in [3.63, 3.8) is 0 Å².